The number of hydrogen-bond donors (Lipinski definition) is 2. The third kappa shape index (κ3) is 0.984. The molecule has 0 spiro atoms. The van der Waals surface area contributed by atoms with Gasteiger partial charge in [0.25, 0.3) is 5.91 Å². The van der Waals surface area contributed by atoms with Gasteiger partial charge in [-0.3, -0.25) is 20.1 Å². The van der Waals surface area contributed by atoms with E-state index >= 15 is 0 Å². The molecule has 12 heavy (non-hydrogen) atoms. The molecule has 1 atom stereocenters. The highest BCUT2D eigenvalue weighted by Gasteiger charge is 2.30. The molecular weight excluding hydrogens is 158 g/mol. The van der Waals surface area contributed by atoms with E-state index in [1.165, 1.54) is 0 Å². The monoisotopic (exact) mass is 167 g/mol. The van der Waals surface area contributed by atoms with Gasteiger partial charge >= 0.3 is 0 Å². The smallest absolute Gasteiger partial charge is 0.267 e. The molecule has 0 aromatic carbocycles. The van der Waals surface area contributed by atoms with E-state index in [2.05, 4.69) is 10.5 Å². The summed E-state index contributed by atoms with van der Waals surface area (Å²) in [6.45, 7) is 0.510. The summed E-state index contributed by atoms with van der Waals surface area (Å²) < 4.78 is 0. The zero-order valence-corrected chi connectivity index (χ0v) is 6.41. The van der Waals surface area contributed by atoms with Crippen molar-refractivity contribution in [3.8, 4) is 0 Å². The molecule has 1 amide bonds. The van der Waals surface area contributed by atoms with Gasteiger partial charge in [-0.05, 0) is 0 Å². The fourth-order valence-electron chi connectivity index (χ4n) is 1.34. The predicted octanol–water partition coefficient (Wildman–Crippen LogP) is -0.896. The van der Waals surface area contributed by atoms with Crippen molar-refractivity contribution in [2.75, 3.05) is 6.54 Å². The molecule has 1 unspecified atom stereocenters. The Morgan fingerprint density at radius 1 is 1.83 bits per heavy atom. The van der Waals surface area contributed by atoms with Crippen molar-refractivity contribution in [3.05, 3.63) is 11.3 Å². The van der Waals surface area contributed by atoms with Crippen LogP contribution in [0.1, 0.15) is 6.42 Å². The number of nitrogens with zero attached hydrogens (tertiary/aromatic N) is 1. The Morgan fingerprint density at radius 2 is 2.67 bits per heavy atom. The Morgan fingerprint density at radius 3 is 3.42 bits per heavy atom. The fraction of sp³-hybridized carbons (Fsp3) is 0.429. The average molecular weight is 167 g/mol. The van der Waals surface area contributed by atoms with Crippen LogP contribution in [0.5, 0.6) is 0 Å². The highest BCUT2D eigenvalue weighted by molar-refractivity contribution is 5.92. The topological polar surface area (TPSA) is 76.7 Å². The number of carbonyl (C=O) groups is 1. The molecule has 2 aliphatic rings. The number of aliphatic imine (C=N–C) groups is 1. The van der Waals surface area contributed by atoms with Crippen LogP contribution >= 0.6 is 0 Å². The standard InChI is InChI=1S/C7H9N3O2/c8-7(11)6-4-3-9-2-1-5(4)12-10-6/h2,5,10H,1,3H2,(H2,8,11). The van der Waals surface area contributed by atoms with E-state index < -0.39 is 5.91 Å². The lowest BCUT2D eigenvalue weighted by molar-refractivity contribution is -0.115. The molecule has 5 heteroatoms. The Balaban J connectivity index is 2.32. The van der Waals surface area contributed by atoms with Gasteiger partial charge in [-0.2, -0.15) is 0 Å². The Kier molecular flexibility index (Phi) is 1.58. The van der Waals surface area contributed by atoms with Crippen molar-refractivity contribution in [1.82, 2.24) is 5.48 Å². The summed E-state index contributed by atoms with van der Waals surface area (Å²) in [6, 6.07) is 0. The molecule has 0 bridgehead atoms. The van der Waals surface area contributed by atoms with Crippen LogP contribution in [0.25, 0.3) is 0 Å². The normalized spacial score (nSPS) is 26.8. The molecule has 2 heterocycles. The number of nitrogens with two attached hydrogens (primary N) is 1. The third-order valence-electron chi connectivity index (χ3n) is 1.97. The molecule has 0 radical (unpaired) electrons. The molecule has 5 nitrogen and oxygen atoms in total. The van der Waals surface area contributed by atoms with Crippen LogP contribution in [-0.4, -0.2) is 24.8 Å². The Hall–Kier alpha value is -1.36. The molecule has 2 rings (SSSR count). The van der Waals surface area contributed by atoms with Crippen molar-refractivity contribution >= 4 is 12.1 Å². The van der Waals surface area contributed by atoms with Gasteiger partial charge in [-0.25, -0.2) is 0 Å². The number of fused-ring (bicyclic) bond motifs is 1. The van der Waals surface area contributed by atoms with Gasteiger partial charge in [-0.1, -0.05) is 0 Å². The molecule has 0 aliphatic carbocycles. The summed E-state index contributed by atoms with van der Waals surface area (Å²) in [5.74, 6) is -0.482. The lowest BCUT2D eigenvalue weighted by Gasteiger charge is -2.11. The average Bonchev–Trinajstić information content (AvgIpc) is 2.47. The van der Waals surface area contributed by atoms with E-state index in [9.17, 15) is 4.79 Å². The van der Waals surface area contributed by atoms with E-state index in [0.717, 1.165) is 5.57 Å². The first-order valence-electron chi connectivity index (χ1n) is 3.72. The van der Waals surface area contributed by atoms with Gasteiger partial charge in [0.05, 0.1) is 6.54 Å². The minimum Gasteiger partial charge on any atom is -0.364 e. The summed E-state index contributed by atoms with van der Waals surface area (Å²) >= 11 is 0. The summed E-state index contributed by atoms with van der Waals surface area (Å²) in [4.78, 5) is 20.0. The molecular formula is C7H9N3O2. The zero-order valence-electron chi connectivity index (χ0n) is 6.41. The molecule has 3 N–H and O–H groups in total. The lowest BCUT2D eigenvalue weighted by atomic mass is 10.0. The molecule has 0 fully saturated rings. The van der Waals surface area contributed by atoms with Gasteiger partial charge in [0.1, 0.15) is 11.8 Å². The molecule has 0 saturated heterocycles. The quantitative estimate of drug-likeness (QED) is 0.531. The van der Waals surface area contributed by atoms with Crippen molar-refractivity contribution < 1.29 is 9.63 Å². The van der Waals surface area contributed by atoms with Gasteiger partial charge in [0, 0.05) is 18.2 Å². The molecule has 64 valence electrons. The number of hydroxylamine groups is 1. The fourth-order valence-corrected chi connectivity index (χ4v) is 1.34. The first-order chi connectivity index (χ1) is 5.79. The second-order valence-corrected chi connectivity index (χ2v) is 2.73. The van der Waals surface area contributed by atoms with Gasteiger partial charge in [0.2, 0.25) is 0 Å². The lowest BCUT2D eigenvalue weighted by Crippen LogP contribution is -2.22. The van der Waals surface area contributed by atoms with Crippen LogP contribution in [0.2, 0.25) is 0 Å². The summed E-state index contributed by atoms with van der Waals surface area (Å²) in [7, 11) is 0. The van der Waals surface area contributed by atoms with Crippen molar-refractivity contribution in [3.63, 3.8) is 0 Å². The molecule has 0 saturated carbocycles. The number of nitrogens with one attached hydrogen (secondary N) is 1. The second kappa shape index (κ2) is 2.60. The Bertz CT molecular complexity index is 282. The summed E-state index contributed by atoms with van der Waals surface area (Å²) in [5.41, 5.74) is 8.87. The number of rotatable bonds is 1. The van der Waals surface area contributed by atoms with Crippen LogP contribution in [0.4, 0.5) is 0 Å². The maximum Gasteiger partial charge on any atom is 0.267 e. The van der Waals surface area contributed by atoms with Gasteiger partial charge in [-0.15, -0.1) is 0 Å². The summed E-state index contributed by atoms with van der Waals surface area (Å²) in [6.07, 6.45) is 2.45. The van der Waals surface area contributed by atoms with E-state index in [1.54, 1.807) is 6.21 Å². The van der Waals surface area contributed by atoms with Crippen molar-refractivity contribution in [2.24, 2.45) is 10.7 Å². The van der Waals surface area contributed by atoms with Crippen LogP contribution < -0.4 is 11.2 Å². The van der Waals surface area contributed by atoms with Crippen LogP contribution in [0.15, 0.2) is 16.3 Å². The van der Waals surface area contributed by atoms with Gasteiger partial charge < -0.3 is 5.73 Å². The number of hydrogen-bond acceptors (Lipinski definition) is 4. The predicted molar refractivity (Wildman–Crippen MR) is 42.2 cm³/mol. The molecule has 0 aromatic rings. The van der Waals surface area contributed by atoms with Gasteiger partial charge in [0.15, 0.2) is 0 Å². The van der Waals surface area contributed by atoms with Crippen LogP contribution in [-0.2, 0) is 9.63 Å². The first kappa shape index (κ1) is 7.30. The zero-order chi connectivity index (χ0) is 8.55. The number of amides is 1. The minimum absolute atomic E-state index is 0.0509. The SMILES string of the molecule is NC(=O)C1=C2CN=CCC2ON1. The minimum atomic E-state index is -0.482. The van der Waals surface area contributed by atoms with Crippen molar-refractivity contribution in [1.29, 1.82) is 0 Å². The highest BCUT2D eigenvalue weighted by atomic mass is 16.7. The largest absolute Gasteiger partial charge is 0.364 e. The maximum atomic E-state index is 10.8. The van der Waals surface area contributed by atoms with E-state index in [-0.39, 0.29) is 6.10 Å². The van der Waals surface area contributed by atoms with E-state index in [0.29, 0.717) is 18.7 Å². The Labute approximate surface area is 69.2 Å². The van der Waals surface area contributed by atoms with E-state index in [4.69, 9.17) is 10.6 Å². The molecule has 0 aromatic heterocycles. The number of primary amides is 1. The second-order valence-electron chi connectivity index (χ2n) is 2.73. The van der Waals surface area contributed by atoms with E-state index in [1.807, 2.05) is 0 Å². The first-order valence-corrected chi connectivity index (χ1v) is 3.72. The summed E-state index contributed by atoms with van der Waals surface area (Å²) in [5, 5.41) is 0. The van der Waals surface area contributed by atoms with Crippen LogP contribution in [0.3, 0.4) is 0 Å². The highest BCUT2D eigenvalue weighted by Crippen LogP contribution is 2.22. The molecule has 2 aliphatic heterocycles. The van der Waals surface area contributed by atoms with Crippen molar-refractivity contribution in [2.45, 2.75) is 12.5 Å². The van der Waals surface area contributed by atoms with Crippen LogP contribution in [0, 0.1) is 0 Å². The third-order valence-corrected chi connectivity index (χ3v) is 1.97. The number of carbonyl (C=O) groups excluding carboxylic acids is 1. The maximum absolute atomic E-state index is 10.8.